The van der Waals surface area contributed by atoms with E-state index in [1.165, 1.54) is 0 Å². The Bertz CT molecular complexity index is 1070. The monoisotopic (exact) mass is 436 g/mol. The lowest BCUT2D eigenvalue weighted by Crippen LogP contribution is -2.28. The number of anilines is 3. The minimum absolute atomic E-state index is 0.161. The SMILES string of the molecule is CC(NC(=O)c1cc(NC(=O)Nc2cccc(Cl)c2)ccc1N(C)C)c1ccccc1. The van der Waals surface area contributed by atoms with Gasteiger partial charge in [0.1, 0.15) is 0 Å². The highest BCUT2D eigenvalue weighted by molar-refractivity contribution is 6.30. The van der Waals surface area contributed by atoms with Gasteiger partial charge in [0, 0.05) is 36.2 Å². The van der Waals surface area contributed by atoms with Crippen LogP contribution in [0.25, 0.3) is 0 Å². The lowest BCUT2D eigenvalue weighted by molar-refractivity contribution is 0.0940. The fraction of sp³-hybridized carbons (Fsp3) is 0.167. The van der Waals surface area contributed by atoms with Crippen LogP contribution in [0.3, 0.4) is 0 Å². The second-order valence-corrected chi connectivity index (χ2v) is 7.76. The second kappa shape index (κ2) is 10.00. The number of hydrogen-bond acceptors (Lipinski definition) is 3. The number of rotatable bonds is 6. The van der Waals surface area contributed by atoms with E-state index in [4.69, 9.17) is 11.6 Å². The molecule has 0 saturated heterocycles. The van der Waals surface area contributed by atoms with E-state index in [0.29, 0.717) is 22.0 Å². The van der Waals surface area contributed by atoms with Crippen LogP contribution in [0.1, 0.15) is 28.9 Å². The van der Waals surface area contributed by atoms with E-state index in [9.17, 15) is 9.59 Å². The van der Waals surface area contributed by atoms with Crippen LogP contribution >= 0.6 is 11.6 Å². The summed E-state index contributed by atoms with van der Waals surface area (Å²) in [5, 5.41) is 9.04. The number of nitrogens with one attached hydrogen (secondary N) is 3. The molecule has 3 rings (SSSR count). The molecule has 7 heteroatoms. The van der Waals surface area contributed by atoms with Crippen molar-refractivity contribution in [3.63, 3.8) is 0 Å². The number of benzene rings is 3. The highest BCUT2D eigenvalue weighted by Gasteiger charge is 2.17. The summed E-state index contributed by atoms with van der Waals surface area (Å²) in [6.07, 6.45) is 0. The van der Waals surface area contributed by atoms with E-state index >= 15 is 0 Å². The third kappa shape index (κ3) is 5.99. The molecule has 0 aliphatic carbocycles. The van der Waals surface area contributed by atoms with Crippen molar-refractivity contribution in [2.75, 3.05) is 29.6 Å². The van der Waals surface area contributed by atoms with Gasteiger partial charge in [-0.1, -0.05) is 48.0 Å². The fourth-order valence-electron chi connectivity index (χ4n) is 3.14. The number of carbonyl (C=O) groups is 2. The van der Waals surface area contributed by atoms with Gasteiger partial charge in [0.2, 0.25) is 0 Å². The summed E-state index contributed by atoms with van der Waals surface area (Å²) in [6, 6.07) is 21.3. The van der Waals surface area contributed by atoms with E-state index in [-0.39, 0.29) is 11.9 Å². The van der Waals surface area contributed by atoms with Gasteiger partial charge in [-0.25, -0.2) is 4.79 Å². The first kappa shape index (κ1) is 22.2. The van der Waals surface area contributed by atoms with Crippen LogP contribution in [0.4, 0.5) is 21.9 Å². The summed E-state index contributed by atoms with van der Waals surface area (Å²) < 4.78 is 0. The number of hydrogen-bond donors (Lipinski definition) is 3. The zero-order valence-corrected chi connectivity index (χ0v) is 18.4. The molecule has 3 amide bonds. The average Bonchev–Trinajstić information content (AvgIpc) is 2.74. The van der Waals surface area contributed by atoms with Crippen molar-refractivity contribution in [2.24, 2.45) is 0 Å². The molecular weight excluding hydrogens is 412 g/mol. The van der Waals surface area contributed by atoms with Crippen LogP contribution in [-0.2, 0) is 0 Å². The highest BCUT2D eigenvalue weighted by Crippen LogP contribution is 2.24. The van der Waals surface area contributed by atoms with Crippen LogP contribution in [0.15, 0.2) is 72.8 Å². The standard InChI is InChI=1S/C24H25ClN4O2/c1-16(17-8-5-4-6-9-17)26-23(30)21-15-20(12-13-22(21)29(2)3)28-24(31)27-19-11-7-10-18(25)14-19/h4-16H,1-3H3,(H,26,30)(H2,27,28,31). The van der Waals surface area contributed by atoms with Crippen molar-refractivity contribution in [2.45, 2.75) is 13.0 Å². The molecule has 1 unspecified atom stereocenters. The lowest BCUT2D eigenvalue weighted by atomic mass is 10.1. The summed E-state index contributed by atoms with van der Waals surface area (Å²) in [4.78, 5) is 27.3. The summed E-state index contributed by atoms with van der Waals surface area (Å²) >= 11 is 5.96. The lowest BCUT2D eigenvalue weighted by Gasteiger charge is -2.20. The van der Waals surface area contributed by atoms with E-state index in [1.54, 1.807) is 42.5 Å². The third-order valence-electron chi connectivity index (χ3n) is 4.71. The van der Waals surface area contributed by atoms with Gasteiger partial charge in [-0.2, -0.15) is 0 Å². The Morgan fingerprint density at radius 2 is 1.55 bits per heavy atom. The van der Waals surface area contributed by atoms with Crippen molar-refractivity contribution in [1.29, 1.82) is 0 Å². The van der Waals surface area contributed by atoms with Crippen molar-refractivity contribution in [3.8, 4) is 0 Å². The van der Waals surface area contributed by atoms with Crippen molar-refractivity contribution < 1.29 is 9.59 Å². The van der Waals surface area contributed by atoms with Crippen molar-refractivity contribution in [3.05, 3.63) is 88.9 Å². The molecule has 0 radical (unpaired) electrons. The van der Waals surface area contributed by atoms with Crippen LogP contribution < -0.4 is 20.9 Å². The Kier molecular flexibility index (Phi) is 7.15. The maximum absolute atomic E-state index is 13.0. The maximum Gasteiger partial charge on any atom is 0.323 e. The Hall–Kier alpha value is -3.51. The fourth-order valence-corrected chi connectivity index (χ4v) is 3.34. The predicted octanol–water partition coefficient (Wildman–Crippen LogP) is 5.54. The quantitative estimate of drug-likeness (QED) is 0.475. The normalized spacial score (nSPS) is 11.4. The summed E-state index contributed by atoms with van der Waals surface area (Å²) in [7, 11) is 3.73. The van der Waals surface area contributed by atoms with Crippen molar-refractivity contribution >= 4 is 40.6 Å². The Balaban J connectivity index is 1.77. The molecule has 160 valence electrons. The molecule has 0 aromatic heterocycles. The minimum atomic E-state index is -0.427. The Morgan fingerprint density at radius 1 is 0.871 bits per heavy atom. The maximum atomic E-state index is 13.0. The van der Waals surface area contributed by atoms with Gasteiger partial charge in [0.15, 0.2) is 0 Å². The number of halogens is 1. The van der Waals surface area contributed by atoms with E-state index in [2.05, 4.69) is 16.0 Å². The first-order valence-electron chi connectivity index (χ1n) is 9.84. The predicted molar refractivity (Wildman–Crippen MR) is 127 cm³/mol. The van der Waals surface area contributed by atoms with Crippen LogP contribution in [-0.4, -0.2) is 26.0 Å². The topological polar surface area (TPSA) is 73.5 Å². The largest absolute Gasteiger partial charge is 0.377 e. The Morgan fingerprint density at radius 3 is 2.19 bits per heavy atom. The molecule has 3 aromatic carbocycles. The first-order chi connectivity index (χ1) is 14.8. The average molecular weight is 437 g/mol. The smallest absolute Gasteiger partial charge is 0.323 e. The Labute approximate surface area is 187 Å². The molecule has 1 atom stereocenters. The van der Waals surface area contributed by atoms with Gasteiger partial charge in [0.05, 0.1) is 11.6 Å². The summed E-state index contributed by atoms with van der Waals surface area (Å²) in [5.74, 6) is -0.223. The van der Waals surface area contributed by atoms with Crippen LogP contribution in [0.5, 0.6) is 0 Å². The summed E-state index contributed by atoms with van der Waals surface area (Å²) in [6.45, 7) is 1.93. The number of amides is 3. The number of carbonyl (C=O) groups excluding carboxylic acids is 2. The van der Waals surface area contributed by atoms with Gasteiger partial charge < -0.3 is 20.9 Å². The number of nitrogens with zero attached hydrogens (tertiary/aromatic N) is 1. The van der Waals surface area contributed by atoms with Crippen LogP contribution in [0.2, 0.25) is 5.02 Å². The minimum Gasteiger partial charge on any atom is -0.377 e. The molecule has 0 bridgehead atoms. The second-order valence-electron chi connectivity index (χ2n) is 7.32. The van der Waals surface area contributed by atoms with E-state index in [0.717, 1.165) is 11.3 Å². The van der Waals surface area contributed by atoms with Gasteiger partial charge in [-0.15, -0.1) is 0 Å². The van der Waals surface area contributed by atoms with Crippen LogP contribution in [0, 0.1) is 0 Å². The molecular formula is C24H25ClN4O2. The van der Waals surface area contributed by atoms with E-state index in [1.807, 2.05) is 56.3 Å². The molecule has 0 aliphatic heterocycles. The highest BCUT2D eigenvalue weighted by atomic mass is 35.5. The molecule has 3 N–H and O–H groups in total. The molecule has 0 fully saturated rings. The summed E-state index contributed by atoms with van der Waals surface area (Å²) in [5.41, 5.74) is 3.30. The molecule has 0 heterocycles. The van der Waals surface area contributed by atoms with Gasteiger partial charge >= 0.3 is 6.03 Å². The molecule has 0 spiro atoms. The molecule has 0 aliphatic rings. The van der Waals surface area contributed by atoms with Crippen molar-refractivity contribution in [1.82, 2.24) is 5.32 Å². The van der Waals surface area contributed by atoms with Gasteiger partial charge in [-0.05, 0) is 48.9 Å². The zero-order chi connectivity index (χ0) is 22.4. The molecule has 6 nitrogen and oxygen atoms in total. The zero-order valence-electron chi connectivity index (χ0n) is 17.6. The molecule has 3 aromatic rings. The van der Waals surface area contributed by atoms with Gasteiger partial charge in [0.25, 0.3) is 5.91 Å². The number of urea groups is 1. The third-order valence-corrected chi connectivity index (χ3v) is 4.95. The molecule has 31 heavy (non-hydrogen) atoms. The molecule has 0 saturated carbocycles. The van der Waals surface area contributed by atoms with E-state index < -0.39 is 6.03 Å². The van der Waals surface area contributed by atoms with Gasteiger partial charge in [-0.3, -0.25) is 4.79 Å². The first-order valence-corrected chi connectivity index (χ1v) is 10.2.